The molecular weight excluding hydrogens is 413 g/mol. The maximum Gasteiger partial charge on any atom is 0.418 e. The molecule has 1 aliphatic carbocycles. The monoisotopic (exact) mass is 428 g/mol. The van der Waals surface area contributed by atoms with Crippen LogP contribution >= 0.6 is 23.4 Å². The van der Waals surface area contributed by atoms with Crippen molar-refractivity contribution in [2.75, 3.05) is 16.4 Å². The van der Waals surface area contributed by atoms with Gasteiger partial charge in [0.2, 0.25) is 11.8 Å². The zero-order chi connectivity index (χ0) is 20.3. The number of anilines is 2. The molecule has 0 aliphatic heterocycles. The van der Waals surface area contributed by atoms with Crippen LogP contribution in [0.1, 0.15) is 18.4 Å². The molecule has 0 unspecified atom stereocenters. The van der Waals surface area contributed by atoms with E-state index in [2.05, 4.69) is 10.6 Å². The van der Waals surface area contributed by atoms with Gasteiger partial charge in [-0.1, -0.05) is 11.6 Å². The van der Waals surface area contributed by atoms with Crippen LogP contribution in [0.15, 0.2) is 47.4 Å². The standard InChI is InChI=1S/C19H16ClF3N2O2S/c20-12-3-8-16(15(9-12)19(21,22)23)25-17(26)10-28-14-6-4-13(5-7-14)24-18(27)11-1-2-11/h3-9,11H,1-2,10H2,(H,24,27)(H,25,26). The number of thioether (sulfide) groups is 1. The summed E-state index contributed by atoms with van der Waals surface area (Å²) in [5.41, 5.74) is -0.656. The Balaban J connectivity index is 1.55. The average Bonchev–Trinajstić information content (AvgIpc) is 3.47. The van der Waals surface area contributed by atoms with Gasteiger partial charge in [-0.15, -0.1) is 11.8 Å². The van der Waals surface area contributed by atoms with Crippen molar-refractivity contribution in [3.8, 4) is 0 Å². The Hall–Kier alpha value is -2.19. The SMILES string of the molecule is O=C(CSc1ccc(NC(=O)C2CC2)cc1)Nc1ccc(Cl)cc1C(F)(F)F. The molecular formula is C19H16ClF3N2O2S. The molecule has 3 rings (SSSR count). The van der Waals surface area contributed by atoms with Crippen LogP contribution in [0.5, 0.6) is 0 Å². The van der Waals surface area contributed by atoms with E-state index in [0.29, 0.717) is 5.69 Å². The Morgan fingerprint density at radius 2 is 1.75 bits per heavy atom. The third-order valence-corrected chi connectivity index (χ3v) is 5.25. The summed E-state index contributed by atoms with van der Waals surface area (Å²) >= 11 is 6.80. The molecule has 0 bridgehead atoms. The number of hydrogen-bond donors (Lipinski definition) is 2. The predicted molar refractivity (Wildman–Crippen MR) is 104 cm³/mol. The molecule has 2 aromatic carbocycles. The molecule has 0 saturated heterocycles. The van der Waals surface area contributed by atoms with Gasteiger partial charge in [-0.3, -0.25) is 9.59 Å². The fourth-order valence-electron chi connectivity index (χ4n) is 2.42. The minimum Gasteiger partial charge on any atom is -0.326 e. The van der Waals surface area contributed by atoms with Gasteiger partial charge in [0.25, 0.3) is 0 Å². The van der Waals surface area contributed by atoms with Crippen molar-refractivity contribution < 1.29 is 22.8 Å². The topological polar surface area (TPSA) is 58.2 Å². The van der Waals surface area contributed by atoms with Crippen molar-refractivity contribution in [3.05, 3.63) is 53.1 Å². The second kappa shape index (κ2) is 8.45. The Bertz CT molecular complexity index is 884. The van der Waals surface area contributed by atoms with Crippen molar-refractivity contribution >= 4 is 46.6 Å². The van der Waals surface area contributed by atoms with Crippen LogP contribution in [-0.2, 0) is 15.8 Å². The first kappa shape index (κ1) is 20.5. The Labute approximate surface area is 168 Å². The van der Waals surface area contributed by atoms with Crippen LogP contribution in [0, 0.1) is 5.92 Å². The molecule has 9 heteroatoms. The van der Waals surface area contributed by atoms with E-state index in [-0.39, 0.29) is 28.3 Å². The molecule has 0 heterocycles. The lowest BCUT2D eigenvalue weighted by Gasteiger charge is -2.14. The number of benzene rings is 2. The number of rotatable bonds is 6. The molecule has 0 spiro atoms. The van der Waals surface area contributed by atoms with Crippen molar-refractivity contribution in [2.45, 2.75) is 23.9 Å². The van der Waals surface area contributed by atoms with Gasteiger partial charge in [0.15, 0.2) is 0 Å². The van der Waals surface area contributed by atoms with Gasteiger partial charge in [0, 0.05) is 21.5 Å². The number of halogens is 4. The van der Waals surface area contributed by atoms with Crippen molar-refractivity contribution in [1.82, 2.24) is 0 Å². The Morgan fingerprint density at radius 1 is 1.07 bits per heavy atom. The number of carbonyl (C=O) groups excluding carboxylic acids is 2. The third-order valence-electron chi connectivity index (χ3n) is 4.00. The molecule has 1 aliphatic rings. The normalized spacial score (nSPS) is 13.9. The summed E-state index contributed by atoms with van der Waals surface area (Å²) in [5.74, 6) is -0.521. The molecule has 0 radical (unpaired) electrons. The molecule has 0 aromatic heterocycles. The highest BCUT2D eigenvalue weighted by molar-refractivity contribution is 8.00. The molecule has 28 heavy (non-hydrogen) atoms. The van der Waals surface area contributed by atoms with E-state index in [9.17, 15) is 22.8 Å². The van der Waals surface area contributed by atoms with E-state index in [4.69, 9.17) is 11.6 Å². The van der Waals surface area contributed by atoms with Crippen LogP contribution in [0.2, 0.25) is 5.02 Å². The maximum absolute atomic E-state index is 13.1. The summed E-state index contributed by atoms with van der Waals surface area (Å²) in [6, 6.07) is 10.1. The van der Waals surface area contributed by atoms with Gasteiger partial charge in [0.1, 0.15) is 0 Å². The Morgan fingerprint density at radius 3 is 2.36 bits per heavy atom. The van der Waals surface area contributed by atoms with E-state index in [0.717, 1.165) is 29.9 Å². The van der Waals surface area contributed by atoms with Crippen molar-refractivity contribution in [2.24, 2.45) is 5.92 Å². The molecule has 148 valence electrons. The van der Waals surface area contributed by atoms with E-state index in [1.807, 2.05) is 0 Å². The third kappa shape index (κ3) is 5.65. The first-order chi connectivity index (χ1) is 13.2. The van der Waals surface area contributed by atoms with Gasteiger partial charge in [-0.25, -0.2) is 0 Å². The average molecular weight is 429 g/mol. The highest BCUT2D eigenvalue weighted by Gasteiger charge is 2.34. The summed E-state index contributed by atoms with van der Waals surface area (Å²) in [6.07, 6.45) is -2.79. The second-order valence-corrected chi connectivity index (χ2v) is 7.80. The first-order valence-electron chi connectivity index (χ1n) is 8.43. The van der Waals surface area contributed by atoms with Gasteiger partial charge < -0.3 is 10.6 Å². The maximum atomic E-state index is 13.1. The second-order valence-electron chi connectivity index (χ2n) is 6.31. The van der Waals surface area contributed by atoms with E-state index < -0.39 is 17.6 Å². The van der Waals surface area contributed by atoms with Gasteiger partial charge in [0.05, 0.1) is 17.0 Å². The smallest absolute Gasteiger partial charge is 0.326 e. The Kier molecular flexibility index (Phi) is 6.20. The minimum atomic E-state index is -4.62. The van der Waals surface area contributed by atoms with Gasteiger partial charge in [-0.05, 0) is 55.3 Å². The number of alkyl halides is 3. The largest absolute Gasteiger partial charge is 0.418 e. The summed E-state index contributed by atoms with van der Waals surface area (Å²) in [5, 5.41) is 5.02. The van der Waals surface area contributed by atoms with Crippen LogP contribution in [-0.4, -0.2) is 17.6 Å². The number of amides is 2. The van der Waals surface area contributed by atoms with Gasteiger partial charge >= 0.3 is 6.18 Å². The zero-order valence-electron chi connectivity index (χ0n) is 14.5. The molecule has 1 fully saturated rings. The first-order valence-corrected chi connectivity index (χ1v) is 9.79. The van der Waals surface area contributed by atoms with Crippen LogP contribution in [0.4, 0.5) is 24.5 Å². The fourth-order valence-corrected chi connectivity index (χ4v) is 3.29. The molecule has 0 atom stereocenters. The highest BCUT2D eigenvalue weighted by atomic mass is 35.5. The van der Waals surface area contributed by atoms with Crippen LogP contribution < -0.4 is 10.6 Å². The molecule has 2 aromatic rings. The van der Waals surface area contributed by atoms with Crippen LogP contribution in [0.3, 0.4) is 0 Å². The van der Waals surface area contributed by atoms with E-state index >= 15 is 0 Å². The lowest BCUT2D eigenvalue weighted by Crippen LogP contribution is -2.18. The lowest BCUT2D eigenvalue weighted by atomic mass is 10.1. The summed E-state index contributed by atoms with van der Waals surface area (Å²) in [6.45, 7) is 0. The minimum absolute atomic E-state index is 0.00298. The van der Waals surface area contributed by atoms with Gasteiger partial charge in [-0.2, -0.15) is 13.2 Å². The zero-order valence-corrected chi connectivity index (χ0v) is 16.0. The number of hydrogen-bond acceptors (Lipinski definition) is 3. The molecule has 2 amide bonds. The summed E-state index contributed by atoms with van der Waals surface area (Å²) in [4.78, 5) is 24.5. The van der Waals surface area contributed by atoms with E-state index in [1.165, 1.54) is 17.8 Å². The number of nitrogens with one attached hydrogen (secondary N) is 2. The number of carbonyl (C=O) groups is 2. The fraction of sp³-hybridized carbons (Fsp3) is 0.263. The summed E-state index contributed by atoms with van der Waals surface area (Å²) < 4.78 is 39.2. The lowest BCUT2D eigenvalue weighted by molar-refractivity contribution is -0.137. The molecule has 4 nitrogen and oxygen atoms in total. The van der Waals surface area contributed by atoms with Crippen molar-refractivity contribution in [3.63, 3.8) is 0 Å². The molecule has 1 saturated carbocycles. The molecule has 2 N–H and O–H groups in total. The summed E-state index contributed by atoms with van der Waals surface area (Å²) in [7, 11) is 0. The predicted octanol–water partition coefficient (Wildman–Crippen LogP) is 5.44. The van der Waals surface area contributed by atoms with Crippen molar-refractivity contribution in [1.29, 1.82) is 0 Å². The van der Waals surface area contributed by atoms with E-state index in [1.54, 1.807) is 24.3 Å². The highest BCUT2D eigenvalue weighted by Crippen LogP contribution is 2.36. The quantitative estimate of drug-likeness (QED) is 0.602. The van der Waals surface area contributed by atoms with Crippen LogP contribution in [0.25, 0.3) is 0 Å².